The molecule has 3 aliphatic rings. The smallest absolute Gasteiger partial charge is 0.337 e. The van der Waals surface area contributed by atoms with Gasteiger partial charge in [-0.25, -0.2) is 9.59 Å². The Hall–Kier alpha value is -3.46. The number of para-hydroxylation sites is 1. The van der Waals surface area contributed by atoms with Gasteiger partial charge in [0.2, 0.25) is 0 Å². The molecule has 3 unspecified atom stereocenters. The average molecular weight is 491 g/mol. The van der Waals surface area contributed by atoms with Gasteiger partial charge in [0.05, 0.1) is 44.6 Å². The maximum Gasteiger partial charge on any atom is 0.337 e. The van der Waals surface area contributed by atoms with Crippen molar-refractivity contribution in [3.8, 4) is 0 Å². The molecule has 2 aromatic rings. The first kappa shape index (κ1) is 24.2. The SMILES string of the molecule is COC(=O)C1=C(C(=O)OC)C2(C(Nc3ccccc3)c3ccc(CN4CCOCC4)cc3)C=CC1O2. The van der Waals surface area contributed by atoms with E-state index in [9.17, 15) is 9.59 Å². The van der Waals surface area contributed by atoms with Gasteiger partial charge in [-0.1, -0.05) is 48.5 Å². The average Bonchev–Trinajstić information content (AvgIpc) is 3.50. The highest BCUT2D eigenvalue weighted by atomic mass is 16.6. The summed E-state index contributed by atoms with van der Waals surface area (Å²) in [6.07, 6.45) is 2.95. The molecule has 0 amide bonds. The van der Waals surface area contributed by atoms with Crippen LogP contribution in [-0.4, -0.2) is 69.1 Å². The lowest BCUT2D eigenvalue weighted by atomic mass is 9.78. The summed E-state index contributed by atoms with van der Waals surface area (Å²) in [6, 6.07) is 17.4. The Bertz CT molecular complexity index is 1170. The number of hydrogen-bond donors (Lipinski definition) is 1. The summed E-state index contributed by atoms with van der Waals surface area (Å²) in [7, 11) is 2.59. The zero-order valence-electron chi connectivity index (χ0n) is 20.4. The van der Waals surface area contributed by atoms with Crippen molar-refractivity contribution < 1.29 is 28.5 Å². The molecule has 0 saturated carbocycles. The molecule has 1 saturated heterocycles. The van der Waals surface area contributed by atoms with E-state index in [4.69, 9.17) is 18.9 Å². The number of carbonyl (C=O) groups is 2. The Morgan fingerprint density at radius 3 is 2.39 bits per heavy atom. The molecule has 0 radical (unpaired) electrons. The summed E-state index contributed by atoms with van der Waals surface area (Å²) < 4.78 is 22.0. The molecule has 5 rings (SSSR count). The standard InChI is InChI=1S/C28H30N2O6/c1-33-26(31)23-22-12-13-28(36-22,24(23)27(32)34-2)25(29-21-6-4-3-5-7-21)20-10-8-19(9-11-20)18-30-14-16-35-17-15-30/h3-13,22,25,29H,14-18H2,1-2H3. The Labute approximate surface area is 210 Å². The number of morpholine rings is 1. The lowest BCUT2D eigenvalue weighted by molar-refractivity contribution is -0.139. The summed E-state index contributed by atoms with van der Waals surface area (Å²) in [4.78, 5) is 28.1. The third-order valence-corrected chi connectivity index (χ3v) is 6.92. The largest absolute Gasteiger partial charge is 0.466 e. The van der Waals surface area contributed by atoms with Gasteiger partial charge in [0, 0.05) is 25.3 Å². The molecule has 1 fully saturated rings. The molecular weight excluding hydrogens is 460 g/mol. The minimum atomic E-state index is -1.25. The van der Waals surface area contributed by atoms with Crippen molar-refractivity contribution in [3.05, 3.63) is 89.0 Å². The third-order valence-electron chi connectivity index (χ3n) is 6.92. The van der Waals surface area contributed by atoms with Gasteiger partial charge in [-0.2, -0.15) is 0 Å². The number of hydrogen-bond acceptors (Lipinski definition) is 8. The number of ether oxygens (including phenoxy) is 4. The minimum absolute atomic E-state index is 0.162. The van der Waals surface area contributed by atoms with E-state index in [-0.39, 0.29) is 11.1 Å². The molecule has 2 bridgehead atoms. The topological polar surface area (TPSA) is 86.3 Å². The highest BCUT2D eigenvalue weighted by molar-refractivity contribution is 6.05. The van der Waals surface area contributed by atoms with E-state index in [1.54, 1.807) is 6.08 Å². The van der Waals surface area contributed by atoms with Crippen LogP contribution in [0.2, 0.25) is 0 Å². The molecule has 36 heavy (non-hydrogen) atoms. The molecule has 3 atom stereocenters. The first-order valence-corrected chi connectivity index (χ1v) is 12.0. The van der Waals surface area contributed by atoms with Crippen LogP contribution in [0.4, 0.5) is 5.69 Å². The highest BCUT2D eigenvalue weighted by Gasteiger charge is 2.58. The van der Waals surface area contributed by atoms with Crippen molar-refractivity contribution >= 4 is 17.6 Å². The number of rotatable bonds is 8. The minimum Gasteiger partial charge on any atom is -0.466 e. The van der Waals surface area contributed by atoms with Crippen LogP contribution in [0.25, 0.3) is 0 Å². The van der Waals surface area contributed by atoms with Crippen molar-refractivity contribution in [1.82, 2.24) is 4.90 Å². The van der Waals surface area contributed by atoms with E-state index >= 15 is 0 Å². The molecule has 2 aromatic carbocycles. The Morgan fingerprint density at radius 1 is 1.03 bits per heavy atom. The van der Waals surface area contributed by atoms with E-state index in [1.807, 2.05) is 48.5 Å². The van der Waals surface area contributed by atoms with Crippen LogP contribution in [0.3, 0.4) is 0 Å². The van der Waals surface area contributed by atoms with Crippen molar-refractivity contribution in [3.63, 3.8) is 0 Å². The number of methoxy groups -OCH3 is 2. The van der Waals surface area contributed by atoms with Crippen LogP contribution in [-0.2, 0) is 35.1 Å². The third kappa shape index (κ3) is 4.43. The van der Waals surface area contributed by atoms with Gasteiger partial charge in [-0.15, -0.1) is 0 Å². The van der Waals surface area contributed by atoms with Gasteiger partial charge in [-0.05, 0) is 29.3 Å². The predicted molar refractivity (Wildman–Crippen MR) is 133 cm³/mol. The van der Waals surface area contributed by atoms with Crippen LogP contribution in [0.5, 0.6) is 0 Å². The maximum absolute atomic E-state index is 13.1. The second-order valence-corrected chi connectivity index (χ2v) is 9.04. The number of nitrogens with one attached hydrogen (secondary N) is 1. The van der Waals surface area contributed by atoms with Crippen LogP contribution < -0.4 is 5.32 Å². The molecule has 188 valence electrons. The fourth-order valence-electron chi connectivity index (χ4n) is 5.15. The summed E-state index contributed by atoms with van der Waals surface area (Å²) in [6.45, 7) is 4.16. The Morgan fingerprint density at radius 2 is 1.72 bits per heavy atom. The monoisotopic (exact) mass is 490 g/mol. The second-order valence-electron chi connectivity index (χ2n) is 9.04. The molecular formula is C28H30N2O6. The van der Waals surface area contributed by atoms with Crippen LogP contribution in [0.15, 0.2) is 77.9 Å². The van der Waals surface area contributed by atoms with Crippen molar-refractivity contribution in [2.24, 2.45) is 0 Å². The van der Waals surface area contributed by atoms with Gasteiger partial charge in [0.15, 0.2) is 0 Å². The molecule has 8 nitrogen and oxygen atoms in total. The quantitative estimate of drug-likeness (QED) is 0.447. The number of esters is 2. The van der Waals surface area contributed by atoms with E-state index in [2.05, 4.69) is 22.3 Å². The zero-order chi connectivity index (χ0) is 25.1. The van der Waals surface area contributed by atoms with Crippen LogP contribution >= 0.6 is 0 Å². The first-order chi connectivity index (χ1) is 17.6. The lowest BCUT2D eigenvalue weighted by Crippen LogP contribution is -2.42. The fourth-order valence-corrected chi connectivity index (χ4v) is 5.15. The number of fused-ring (bicyclic) bond motifs is 2. The number of carbonyl (C=O) groups excluding carboxylic acids is 2. The van der Waals surface area contributed by atoms with E-state index < -0.39 is 29.7 Å². The van der Waals surface area contributed by atoms with Gasteiger partial charge < -0.3 is 24.3 Å². The molecule has 0 aliphatic carbocycles. The number of nitrogens with zero attached hydrogens (tertiary/aromatic N) is 1. The second kappa shape index (κ2) is 10.3. The normalized spacial score (nSPS) is 24.0. The van der Waals surface area contributed by atoms with Gasteiger partial charge in [0.25, 0.3) is 0 Å². The highest BCUT2D eigenvalue weighted by Crippen LogP contribution is 2.51. The Balaban J connectivity index is 1.54. The molecule has 0 aromatic heterocycles. The van der Waals surface area contributed by atoms with Crippen molar-refractivity contribution in [2.75, 3.05) is 45.8 Å². The summed E-state index contributed by atoms with van der Waals surface area (Å²) in [5.74, 6) is -1.23. The van der Waals surface area contributed by atoms with E-state index in [0.717, 1.165) is 44.1 Å². The van der Waals surface area contributed by atoms with Gasteiger partial charge in [0.1, 0.15) is 11.7 Å². The maximum atomic E-state index is 13.1. The summed E-state index contributed by atoms with van der Waals surface area (Å²) in [5.41, 5.74) is 2.03. The van der Waals surface area contributed by atoms with Gasteiger partial charge in [-0.3, -0.25) is 4.90 Å². The number of benzene rings is 2. The van der Waals surface area contributed by atoms with Gasteiger partial charge >= 0.3 is 11.9 Å². The van der Waals surface area contributed by atoms with E-state index in [0.29, 0.717) is 0 Å². The van der Waals surface area contributed by atoms with Crippen molar-refractivity contribution in [1.29, 1.82) is 0 Å². The molecule has 1 N–H and O–H groups in total. The van der Waals surface area contributed by atoms with E-state index in [1.165, 1.54) is 19.8 Å². The fraction of sp³-hybridized carbons (Fsp3) is 0.357. The molecule has 8 heteroatoms. The molecule has 3 heterocycles. The number of anilines is 1. The van der Waals surface area contributed by atoms with Crippen molar-refractivity contribution in [2.45, 2.75) is 24.3 Å². The first-order valence-electron chi connectivity index (χ1n) is 12.0. The summed E-state index contributed by atoms with van der Waals surface area (Å²) >= 11 is 0. The Kier molecular flexibility index (Phi) is 6.91. The van der Waals surface area contributed by atoms with Crippen LogP contribution in [0.1, 0.15) is 17.2 Å². The molecule has 3 aliphatic heterocycles. The van der Waals surface area contributed by atoms with Crippen LogP contribution in [0, 0.1) is 0 Å². The lowest BCUT2D eigenvalue weighted by Gasteiger charge is -2.36. The predicted octanol–water partition coefficient (Wildman–Crippen LogP) is 3.02. The summed E-state index contributed by atoms with van der Waals surface area (Å²) in [5, 5.41) is 3.55. The molecule has 0 spiro atoms. The zero-order valence-corrected chi connectivity index (χ0v) is 20.4.